The maximum absolute atomic E-state index is 14.0. The summed E-state index contributed by atoms with van der Waals surface area (Å²) >= 11 is 11.4. The van der Waals surface area contributed by atoms with E-state index >= 15 is 0 Å². The molecule has 0 fully saturated rings. The smallest absolute Gasteiger partial charge is 0.189 e. The summed E-state index contributed by atoms with van der Waals surface area (Å²) in [5.41, 5.74) is -0.653. The number of Topliss-reactive ketones (excluding diaryl/α,β-unsaturated/α-hetero) is 1. The Hall–Kier alpha value is -1.96. The fraction of sp³-hybridized carbons (Fsp3) is 0.0667. The highest BCUT2D eigenvalue weighted by molar-refractivity contribution is 6.34. The first-order valence-electron chi connectivity index (χ1n) is 5.79. The first-order chi connectivity index (χ1) is 9.97. The lowest BCUT2D eigenvalue weighted by molar-refractivity contribution is 0.0973. The van der Waals surface area contributed by atoms with Crippen molar-refractivity contribution >= 4 is 29.0 Å². The van der Waals surface area contributed by atoms with E-state index in [1.165, 1.54) is 30.3 Å². The van der Waals surface area contributed by atoms with Gasteiger partial charge in [-0.25, -0.2) is 8.78 Å². The molecule has 2 aromatic carbocycles. The molecule has 0 bridgehead atoms. The van der Waals surface area contributed by atoms with Gasteiger partial charge in [0.15, 0.2) is 5.78 Å². The van der Waals surface area contributed by atoms with Crippen molar-refractivity contribution in [3.63, 3.8) is 0 Å². The van der Waals surface area contributed by atoms with E-state index in [2.05, 4.69) is 0 Å². The van der Waals surface area contributed by atoms with Crippen LogP contribution in [0, 0.1) is 23.0 Å². The highest BCUT2D eigenvalue weighted by Gasteiger charge is 2.29. The van der Waals surface area contributed by atoms with Crippen molar-refractivity contribution in [2.45, 2.75) is 5.92 Å². The van der Waals surface area contributed by atoms with Crippen LogP contribution in [0.25, 0.3) is 0 Å². The van der Waals surface area contributed by atoms with Gasteiger partial charge in [-0.05, 0) is 18.2 Å². The lowest BCUT2D eigenvalue weighted by Crippen LogP contribution is -2.15. The first-order valence-corrected chi connectivity index (χ1v) is 6.54. The second-order valence-corrected chi connectivity index (χ2v) is 4.98. The van der Waals surface area contributed by atoms with Gasteiger partial charge in [0, 0.05) is 5.56 Å². The number of benzene rings is 2. The molecule has 1 atom stereocenters. The van der Waals surface area contributed by atoms with Crippen molar-refractivity contribution in [3.8, 4) is 6.07 Å². The average Bonchev–Trinajstić information content (AvgIpc) is 2.44. The number of halogens is 4. The van der Waals surface area contributed by atoms with Crippen molar-refractivity contribution in [2.24, 2.45) is 0 Å². The van der Waals surface area contributed by atoms with Crippen LogP contribution in [0.2, 0.25) is 10.0 Å². The van der Waals surface area contributed by atoms with Crippen LogP contribution in [-0.4, -0.2) is 5.78 Å². The molecule has 0 aliphatic rings. The Labute approximate surface area is 129 Å². The fourth-order valence-electron chi connectivity index (χ4n) is 1.89. The molecule has 2 aromatic rings. The SMILES string of the molecule is N#CC(C(=O)c1c(F)cccc1Cl)c1cccc(Cl)c1F. The zero-order valence-corrected chi connectivity index (χ0v) is 11.9. The Morgan fingerprint density at radius 1 is 1.10 bits per heavy atom. The van der Waals surface area contributed by atoms with Gasteiger partial charge in [-0.1, -0.05) is 41.4 Å². The zero-order chi connectivity index (χ0) is 15.6. The number of ketones is 1. The lowest BCUT2D eigenvalue weighted by atomic mass is 9.91. The molecule has 0 aromatic heterocycles. The van der Waals surface area contributed by atoms with Crippen LogP contribution in [0.4, 0.5) is 8.78 Å². The van der Waals surface area contributed by atoms with E-state index < -0.39 is 28.9 Å². The molecule has 0 amide bonds. The van der Waals surface area contributed by atoms with E-state index in [1.54, 1.807) is 6.07 Å². The number of nitriles is 1. The normalized spacial score (nSPS) is 11.8. The van der Waals surface area contributed by atoms with E-state index in [-0.39, 0.29) is 15.6 Å². The predicted octanol–water partition coefficient (Wildman–Crippen LogP) is 4.76. The Morgan fingerprint density at radius 2 is 1.71 bits per heavy atom. The lowest BCUT2D eigenvalue weighted by Gasteiger charge is -2.12. The molecule has 0 radical (unpaired) electrons. The topological polar surface area (TPSA) is 40.9 Å². The molecule has 0 saturated heterocycles. The minimum atomic E-state index is -1.53. The van der Waals surface area contributed by atoms with Gasteiger partial charge < -0.3 is 0 Å². The van der Waals surface area contributed by atoms with Crippen LogP contribution < -0.4 is 0 Å². The third kappa shape index (κ3) is 2.90. The van der Waals surface area contributed by atoms with Crippen LogP contribution in [-0.2, 0) is 0 Å². The zero-order valence-electron chi connectivity index (χ0n) is 10.4. The number of hydrogen-bond donors (Lipinski definition) is 0. The first kappa shape index (κ1) is 15.4. The molecular formula is C15H7Cl2F2NO. The summed E-state index contributed by atoms with van der Waals surface area (Å²) in [6.45, 7) is 0. The van der Waals surface area contributed by atoms with Gasteiger partial charge >= 0.3 is 0 Å². The standard InChI is InChI=1S/C15H7Cl2F2NO/c16-10-4-2-6-12(18)13(10)15(21)9(7-20)8-3-1-5-11(17)14(8)19/h1-6,9H. The van der Waals surface area contributed by atoms with Gasteiger partial charge in [0.1, 0.15) is 17.6 Å². The van der Waals surface area contributed by atoms with E-state index in [0.29, 0.717) is 0 Å². The molecule has 0 aliphatic heterocycles. The van der Waals surface area contributed by atoms with E-state index in [9.17, 15) is 13.6 Å². The maximum atomic E-state index is 14.0. The van der Waals surface area contributed by atoms with Crippen LogP contribution in [0.3, 0.4) is 0 Å². The van der Waals surface area contributed by atoms with E-state index in [0.717, 1.165) is 6.07 Å². The van der Waals surface area contributed by atoms with Gasteiger partial charge in [0.2, 0.25) is 0 Å². The number of carbonyl (C=O) groups is 1. The quantitative estimate of drug-likeness (QED) is 0.763. The highest BCUT2D eigenvalue weighted by Crippen LogP contribution is 2.30. The summed E-state index contributed by atoms with van der Waals surface area (Å²) in [5.74, 6) is -4.19. The molecule has 2 nitrogen and oxygen atoms in total. The van der Waals surface area contributed by atoms with Gasteiger partial charge in [-0.15, -0.1) is 0 Å². The Morgan fingerprint density at radius 3 is 2.33 bits per heavy atom. The number of rotatable bonds is 3. The molecule has 0 saturated carbocycles. The van der Waals surface area contributed by atoms with E-state index in [1.807, 2.05) is 0 Å². The van der Waals surface area contributed by atoms with Crippen molar-refractivity contribution in [2.75, 3.05) is 0 Å². The van der Waals surface area contributed by atoms with Crippen molar-refractivity contribution in [3.05, 3.63) is 69.2 Å². The minimum absolute atomic E-state index is 0.136. The Balaban J connectivity index is 2.55. The number of hydrogen-bond acceptors (Lipinski definition) is 2. The Kier molecular flexibility index (Phi) is 4.56. The largest absolute Gasteiger partial charge is 0.292 e. The summed E-state index contributed by atoms with van der Waals surface area (Å²) in [4.78, 5) is 12.3. The summed E-state index contributed by atoms with van der Waals surface area (Å²) in [7, 11) is 0. The maximum Gasteiger partial charge on any atom is 0.189 e. The number of carbonyl (C=O) groups excluding carboxylic acids is 1. The van der Waals surface area contributed by atoms with Crippen molar-refractivity contribution in [1.82, 2.24) is 0 Å². The molecular weight excluding hydrogens is 319 g/mol. The monoisotopic (exact) mass is 325 g/mol. The van der Waals surface area contributed by atoms with Gasteiger partial charge in [0.25, 0.3) is 0 Å². The molecule has 1 unspecified atom stereocenters. The van der Waals surface area contributed by atoms with Crippen LogP contribution >= 0.6 is 23.2 Å². The minimum Gasteiger partial charge on any atom is -0.292 e. The summed E-state index contributed by atoms with van der Waals surface area (Å²) < 4.78 is 27.7. The Bertz CT molecular complexity index is 736. The molecule has 0 aliphatic carbocycles. The highest BCUT2D eigenvalue weighted by atomic mass is 35.5. The summed E-state index contributed by atoms with van der Waals surface area (Å²) in [5, 5.41) is 8.80. The average molecular weight is 326 g/mol. The number of nitrogens with zero attached hydrogens (tertiary/aromatic N) is 1. The molecule has 2 rings (SSSR count). The second-order valence-electron chi connectivity index (χ2n) is 4.17. The van der Waals surface area contributed by atoms with Crippen LogP contribution in [0.15, 0.2) is 36.4 Å². The molecule has 6 heteroatoms. The van der Waals surface area contributed by atoms with Crippen LogP contribution in [0.1, 0.15) is 21.8 Å². The molecule has 0 spiro atoms. The van der Waals surface area contributed by atoms with E-state index in [4.69, 9.17) is 28.5 Å². The predicted molar refractivity (Wildman–Crippen MR) is 75.5 cm³/mol. The van der Waals surface area contributed by atoms with Gasteiger partial charge in [-0.2, -0.15) is 5.26 Å². The third-order valence-corrected chi connectivity index (χ3v) is 3.50. The second kappa shape index (κ2) is 6.21. The fourth-order valence-corrected chi connectivity index (χ4v) is 2.33. The molecule has 106 valence electrons. The molecule has 21 heavy (non-hydrogen) atoms. The summed E-state index contributed by atoms with van der Waals surface area (Å²) in [6, 6.07) is 9.30. The van der Waals surface area contributed by atoms with Crippen molar-refractivity contribution < 1.29 is 13.6 Å². The van der Waals surface area contributed by atoms with Crippen LogP contribution in [0.5, 0.6) is 0 Å². The van der Waals surface area contributed by atoms with Gasteiger partial charge in [-0.3, -0.25) is 4.79 Å². The molecule has 0 heterocycles. The molecule has 0 N–H and O–H groups in total. The summed E-state index contributed by atoms with van der Waals surface area (Å²) in [6.07, 6.45) is 0. The van der Waals surface area contributed by atoms with Crippen molar-refractivity contribution in [1.29, 1.82) is 5.26 Å². The van der Waals surface area contributed by atoms with Gasteiger partial charge in [0.05, 0.1) is 21.7 Å². The third-order valence-electron chi connectivity index (χ3n) is 2.89.